The third-order valence-electron chi connectivity index (χ3n) is 3.37. The third kappa shape index (κ3) is 6.35. The summed E-state index contributed by atoms with van der Waals surface area (Å²) < 4.78 is 43.0. The van der Waals surface area contributed by atoms with Crippen LogP contribution in [0.25, 0.3) is 11.4 Å². The van der Waals surface area contributed by atoms with E-state index in [4.69, 9.17) is 4.74 Å². The minimum Gasteiger partial charge on any atom is -0.466 e. The van der Waals surface area contributed by atoms with E-state index in [1.807, 2.05) is 0 Å². The van der Waals surface area contributed by atoms with Crippen LogP contribution in [0.15, 0.2) is 24.3 Å². The molecular weight excluding hydrogens is 367 g/mol. The molecule has 146 valence electrons. The highest BCUT2D eigenvalue weighted by Crippen LogP contribution is 2.31. The number of carbonyl (C=O) groups is 2. The number of aromatic nitrogens is 4. The summed E-state index contributed by atoms with van der Waals surface area (Å²) in [5, 5.41) is 13.8. The van der Waals surface area contributed by atoms with Gasteiger partial charge < -0.3 is 10.1 Å². The second kappa shape index (κ2) is 9.10. The smallest absolute Gasteiger partial charge is 0.416 e. The van der Waals surface area contributed by atoms with Crippen LogP contribution >= 0.6 is 0 Å². The van der Waals surface area contributed by atoms with Gasteiger partial charge in [0.15, 0.2) is 0 Å². The van der Waals surface area contributed by atoms with Crippen molar-refractivity contribution in [2.24, 2.45) is 0 Å². The van der Waals surface area contributed by atoms with Gasteiger partial charge in [0.05, 0.1) is 12.2 Å². The second-order valence-electron chi connectivity index (χ2n) is 5.48. The molecule has 0 radical (unpaired) electrons. The van der Waals surface area contributed by atoms with E-state index in [0.717, 1.165) is 16.9 Å². The van der Waals surface area contributed by atoms with Crippen LogP contribution in [-0.4, -0.2) is 45.2 Å². The van der Waals surface area contributed by atoms with Crippen molar-refractivity contribution < 1.29 is 27.5 Å². The summed E-state index contributed by atoms with van der Waals surface area (Å²) in [6.45, 7) is 2.04. The van der Waals surface area contributed by atoms with Crippen molar-refractivity contribution in [3.05, 3.63) is 29.8 Å². The molecule has 0 aliphatic heterocycles. The monoisotopic (exact) mass is 385 g/mol. The van der Waals surface area contributed by atoms with Gasteiger partial charge in [-0.3, -0.25) is 9.59 Å². The van der Waals surface area contributed by atoms with Crippen LogP contribution in [0.2, 0.25) is 0 Å². The minimum absolute atomic E-state index is 0.0174. The Morgan fingerprint density at radius 3 is 2.78 bits per heavy atom. The molecule has 11 heteroatoms. The zero-order chi connectivity index (χ0) is 19.9. The molecule has 0 saturated heterocycles. The Bertz CT molecular complexity index is 792. The molecule has 2 rings (SSSR count). The van der Waals surface area contributed by atoms with Gasteiger partial charge in [-0.05, 0) is 30.7 Å². The number of carbonyl (C=O) groups excluding carboxylic acids is 2. The van der Waals surface area contributed by atoms with Crippen molar-refractivity contribution in [2.75, 3.05) is 13.2 Å². The normalized spacial score (nSPS) is 11.3. The Kier molecular flexibility index (Phi) is 6.85. The Morgan fingerprint density at radius 2 is 2.07 bits per heavy atom. The number of halogens is 3. The highest BCUT2D eigenvalue weighted by Gasteiger charge is 2.30. The molecule has 0 spiro atoms. The molecule has 0 fully saturated rings. The molecule has 0 aliphatic rings. The number of ether oxygens (including phenoxy) is 1. The summed E-state index contributed by atoms with van der Waals surface area (Å²) >= 11 is 0. The van der Waals surface area contributed by atoms with Gasteiger partial charge in [0.25, 0.3) is 0 Å². The predicted octanol–water partition coefficient (Wildman–Crippen LogP) is 1.82. The van der Waals surface area contributed by atoms with Crippen molar-refractivity contribution in [1.29, 1.82) is 0 Å². The first kappa shape index (κ1) is 20.3. The van der Waals surface area contributed by atoms with Crippen LogP contribution in [-0.2, 0) is 27.0 Å². The fourth-order valence-electron chi connectivity index (χ4n) is 2.14. The fourth-order valence-corrected chi connectivity index (χ4v) is 2.14. The molecule has 1 N–H and O–H groups in total. The Morgan fingerprint density at radius 1 is 1.30 bits per heavy atom. The van der Waals surface area contributed by atoms with Gasteiger partial charge in [-0.25, -0.2) is 0 Å². The van der Waals surface area contributed by atoms with Crippen molar-refractivity contribution in [2.45, 2.75) is 32.5 Å². The molecule has 0 unspecified atom stereocenters. The number of nitrogens with one attached hydrogen (secondary N) is 1. The molecule has 0 saturated carbocycles. The summed E-state index contributed by atoms with van der Waals surface area (Å²) in [4.78, 5) is 24.0. The summed E-state index contributed by atoms with van der Waals surface area (Å²) in [5.74, 6) is -0.765. The molecule has 1 aromatic heterocycles. The zero-order valence-corrected chi connectivity index (χ0v) is 14.5. The highest BCUT2D eigenvalue weighted by atomic mass is 19.4. The lowest BCUT2D eigenvalue weighted by atomic mass is 10.1. The van der Waals surface area contributed by atoms with Gasteiger partial charge in [-0.15, -0.1) is 10.2 Å². The van der Waals surface area contributed by atoms with E-state index in [-0.39, 0.29) is 36.9 Å². The van der Waals surface area contributed by atoms with E-state index < -0.39 is 17.6 Å². The molecule has 0 atom stereocenters. The summed E-state index contributed by atoms with van der Waals surface area (Å²) in [6, 6.07) is 4.52. The van der Waals surface area contributed by atoms with Gasteiger partial charge >= 0.3 is 12.1 Å². The first-order chi connectivity index (χ1) is 12.8. The van der Waals surface area contributed by atoms with Crippen LogP contribution in [0.3, 0.4) is 0 Å². The number of hydrogen-bond acceptors (Lipinski definition) is 6. The van der Waals surface area contributed by atoms with Gasteiger partial charge in [0, 0.05) is 18.5 Å². The number of tetrazole rings is 1. The van der Waals surface area contributed by atoms with Gasteiger partial charge in [-0.1, -0.05) is 12.1 Å². The van der Waals surface area contributed by atoms with Crippen molar-refractivity contribution in [1.82, 2.24) is 25.5 Å². The van der Waals surface area contributed by atoms with E-state index in [2.05, 4.69) is 20.7 Å². The fraction of sp³-hybridized carbons (Fsp3) is 0.438. The zero-order valence-electron chi connectivity index (χ0n) is 14.5. The van der Waals surface area contributed by atoms with Gasteiger partial charge in [-0.2, -0.15) is 18.0 Å². The number of benzene rings is 1. The maximum absolute atomic E-state index is 12.8. The third-order valence-corrected chi connectivity index (χ3v) is 3.37. The molecule has 1 amide bonds. The summed E-state index contributed by atoms with van der Waals surface area (Å²) in [6.07, 6.45) is -3.87. The Balaban J connectivity index is 1.87. The van der Waals surface area contributed by atoms with E-state index in [1.54, 1.807) is 6.92 Å². The number of rotatable bonds is 8. The first-order valence-electron chi connectivity index (χ1n) is 8.17. The van der Waals surface area contributed by atoms with Gasteiger partial charge in [0.1, 0.15) is 6.54 Å². The summed E-state index contributed by atoms with van der Waals surface area (Å²) in [5.41, 5.74) is -0.679. The maximum Gasteiger partial charge on any atom is 0.416 e. The average molecular weight is 385 g/mol. The number of amides is 1. The molecule has 27 heavy (non-hydrogen) atoms. The van der Waals surface area contributed by atoms with E-state index in [1.165, 1.54) is 12.1 Å². The largest absolute Gasteiger partial charge is 0.466 e. The number of esters is 1. The second-order valence-corrected chi connectivity index (χ2v) is 5.48. The standard InChI is InChI=1S/C16H18F3N5O3/c1-2-27-14(26)7-4-8-20-13(25)10-24-22-15(21-23-24)11-5-3-6-12(9-11)16(17,18)19/h3,5-6,9H,2,4,7-8,10H2,1H3,(H,20,25). The lowest BCUT2D eigenvalue weighted by molar-refractivity contribution is -0.143. The summed E-state index contributed by atoms with van der Waals surface area (Å²) in [7, 11) is 0. The number of hydrogen-bond donors (Lipinski definition) is 1. The molecule has 1 heterocycles. The minimum atomic E-state index is -4.48. The van der Waals surface area contributed by atoms with Crippen molar-refractivity contribution in [3.63, 3.8) is 0 Å². The molecule has 8 nitrogen and oxygen atoms in total. The van der Waals surface area contributed by atoms with Crippen molar-refractivity contribution in [3.8, 4) is 11.4 Å². The predicted molar refractivity (Wildman–Crippen MR) is 87.1 cm³/mol. The van der Waals surface area contributed by atoms with Crippen LogP contribution in [0.5, 0.6) is 0 Å². The van der Waals surface area contributed by atoms with Crippen LogP contribution < -0.4 is 5.32 Å². The maximum atomic E-state index is 12.8. The first-order valence-corrected chi connectivity index (χ1v) is 8.17. The highest BCUT2D eigenvalue weighted by molar-refractivity contribution is 5.75. The van der Waals surface area contributed by atoms with E-state index in [0.29, 0.717) is 13.0 Å². The number of nitrogens with zero attached hydrogens (tertiary/aromatic N) is 4. The van der Waals surface area contributed by atoms with Gasteiger partial charge in [0.2, 0.25) is 11.7 Å². The molecule has 0 aliphatic carbocycles. The number of alkyl halides is 3. The Labute approximate surface area is 152 Å². The van der Waals surface area contributed by atoms with Crippen molar-refractivity contribution >= 4 is 11.9 Å². The van der Waals surface area contributed by atoms with Crippen LogP contribution in [0.4, 0.5) is 13.2 Å². The van der Waals surface area contributed by atoms with Crippen LogP contribution in [0, 0.1) is 0 Å². The molecule has 1 aromatic carbocycles. The topological polar surface area (TPSA) is 99.0 Å². The lowest BCUT2D eigenvalue weighted by Gasteiger charge is -2.06. The van der Waals surface area contributed by atoms with Crippen LogP contribution in [0.1, 0.15) is 25.3 Å². The Hall–Kier alpha value is -2.98. The molecule has 0 bridgehead atoms. The van der Waals surface area contributed by atoms with E-state index >= 15 is 0 Å². The molecule has 2 aromatic rings. The van der Waals surface area contributed by atoms with E-state index in [9.17, 15) is 22.8 Å². The average Bonchev–Trinajstić information content (AvgIpc) is 3.07. The quantitative estimate of drug-likeness (QED) is 0.550. The molecular formula is C16H18F3N5O3. The SMILES string of the molecule is CCOC(=O)CCCNC(=O)Cn1nnc(-c2cccc(C(F)(F)F)c2)n1. The lowest BCUT2D eigenvalue weighted by Crippen LogP contribution is -2.29.